The Bertz CT molecular complexity index is 299. The summed E-state index contributed by atoms with van der Waals surface area (Å²) in [7, 11) is 0. The van der Waals surface area contributed by atoms with Gasteiger partial charge in [0.25, 0.3) is 0 Å². The highest BCUT2D eigenvalue weighted by molar-refractivity contribution is 7.12. The Morgan fingerprint density at radius 3 is 2.80 bits per heavy atom. The van der Waals surface area contributed by atoms with Gasteiger partial charge < -0.3 is 10.2 Å². The monoisotopic (exact) mass is 244 g/mol. The zero-order valence-corrected chi connectivity index (χ0v) is 10.6. The molecule has 84 valence electrons. The van der Waals surface area contributed by atoms with Crippen LogP contribution in [0, 0.1) is 6.92 Å². The largest absolute Gasteiger partial charge is 0.314 e. The maximum absolute atomic E-state index is 6.04. The second-order valence-electron chi connectivity index (χ2n) is 3.96. The van der Waals surface area contributed by atoms with E-state index in [0.717, 1.165) is 31.1 Å². The number of hydrogen-bond acceptors (Lipinski definition) is 3. The summed E-state index contributed by atoms with van der Waals surface area (Å²) in [4.78, 5) is 5.17. The molecule has 0 amide bonds. The van der Waals surface area contributed by atoms with Crippen molar-refractivity contribution in [2.45, 2.75) is 13.3 Å². The number of rotatable bonds is 3. The lowest BCUT2D eigenvalue weighted by atomic mass is 10.3. The number of nitrogens with one attached hydrogen (secondary N) is 1. The van der Waals surface area contributed by atoms with Crippen LogP contribution < -0.4 is 5.32 Å². The van der Waals surface area contributed by atoms with E-state index >= 15 is 0 Å². The molecule has 2 heterocycles. The lowest BCUT2D eigenvalue weighted by molar-refractivity contribution is 0.244. The molecule has 0 spiro atoms. The number of hydrogen-bond donors (Lipinski definition) is 1. The average molecular weight is 245 g/mol. The summed E-state index contributed by atoms with van der Waals surface area (Å²) in [6, 6.07) is 2.11. The van der Waals surface area contributed by atoms with Gasteiger partial charge in [-0.2, -0.15) is 0 Å². The van der Waals surface area contributed by atoms with Crippen LogP contribution in [0.5, 0.6) is 0 Å². The van der Waals surface area contributed by atoms with Crippen LogP contribution in [-0.2, 0) is 6.42 Å². The Hall–Kier alpha value is -0.0900. The molecule has 15 heavy (non-hydrogen) atoms. The third-order valence-electron chi connectivity index (χ3n) is 2.79. The molecule has 1 N–H and O–H groups in total. The van der Waals surface area contributed by atoms with Gasteiger partial charge in [0, 0.05) is 42.5 Å². The van der Waals surface area contributed by atoms with Crippen molar-refractivity contribution in [3.63, 3.8) is 0 Å². The zero-order chi connectivity index (χ0) is 10.7. The SMILES string of the molecule is Cc1sc(CCN2CCNCC2)cc1Cl. The van der Waals surface area contributed by atoms with Crippen LogP contribution in [0.15, 0.2) is 6.07 Å². The topological polar surface area (TPSA) is 15.3 Å². The molecule has 0 saturated carbocycles. The van der Waals surface area contributed by atoms with Crippen molar-refractivity contribution in [2.75, 3.05) is 32.7 Å². The van der Waals surface area contributed by atoms with Crippen molar-refractivity contribution in [3.8, 4) is 0 Å². The molecule has 1 aromatic heterocycles. The van der Waals surface area contributed by atoms with Crippen molar-refractivity contribution in [3.05, 3.63) is 20.8 Å². The highest BCUT2D eigenvalue weighted by Gasteiger charge is 2.10. The van der Waals surface area contributed by atoms with E-state index in [-0.39, 0.29) is 0 Å². The average Bonchev–Trinajstić information content (AvgIpc) is 2.57. The van der Waals surface area contributed by atoms with Crippen molar-refractivity contribution in [1.29, 1.82) is 0 Å². The molecule has 2 nitrogen and oxygen atoms in total. The highest BCUT2D eigenvalue weighted by atomic mass is 35.5. The third-order valence-corrected chi connectivity index (χ3v) is 4.41. The van der Waals surface area contributed by atoms with Crippen LogP contribution in [0.1, 0.15) is 9.75 Å². The van der Waals surface area contributed by atoms with Gasteiger partial charge in [-0.1, -0.05) is 11.6 Å². The second kappa shape index (κ2) is 5.30. The molecule has 0 aliphatic carbocycles. The van der Waals surface area contributed by atoms with Gasteiger partial charge in [-0.15, -0.1) is 11.3 Å². The summed E-state index contributed by atoms with van der Waals surface area (Å²) in [5.74, 6) is 0. The summed E-state index contributed by atoms with van der Waals surface area (Å²) in [5.41, 5.74) is 0. The van der Waals surface area contributed by atoms with Gasteiger partial charge in [0.1, 0.15) is 0 Å². The zero-order valence-electron chi connectivity index (χ0n) is 9.05. The van der Waals surface area contributed by atoms with E-state index in [1.807, 2.05) is 11.3 Å². The molecule has 0 unspecified atom stereocenters. The normalized spacial score (nSPS) is 18.3. The summed E-state index contributed by atoms with van der Waals surface area (Å²) < 4.78 is 0. The Kier molecular flexibility index (Phi) is 4.03. The van der Waals surface area contributed by atoms with Crippen LogP contribution >= 0.6 is 22.9 Å². The van der Waals surface area contributed by atoms with E-state index < -0.39 is 0 Å². The maximum atomic E-state index is 6.04. The molecule has 1 fully saturated rings. The van der Waals surface area contributed by atoms with Gasteiger partial charge in [-0.3, -0.25) is 0 Å². The van der Waals surface area contributed by atoms with Crippen molar-refractivity contribution in [1.82, 2.24) is 10.2 Å². The molecule has 4 heteroatoms. The number of halogens is 1. The lowest BCUT2D eigenvalue weighted by Gasteiger charge is -2.26. The second-order valence-corrected chi connectivity index (χ2v) is 5.71. The Morgan fingerprint density at radius 2 is 2.20 bits per heavy atom. The minimum absolute atomic E-state index is 0.926. The quantitative estimate of drug-likeness (QED) is 0.877. The van der Waals surface area contributed by atoms with Crippen molar-refractivity contribution in [2.24, 2.45) is 0 Å². The van der Waals surface area contributed by atoms with E-state index in [4.69, 9.17) is 11.6 Å². The summed E-state index contributed by atoms with van der Waals surface area (Å²) in [5, 5.41) is 4.29. The first-order valence-corrected chi connectivity index (χ1v) is 6.63. The van der Waals surface area contributed by atoms with E-state index in [2.05, 4.69) is 23.2 Å². The number of nitrogens with zero attached hydrogens (tertiary/aromatic N) is 1. The molecular formula is C11H17ClN2S. The molecule has 1 aromatic rings. The first-order chi connectivity index (χ1) is 7.25. The van der Waals surface area contributed by atoms with Crippen LogP contribution in [0.25, 0.3) is 0 Å². The fourth-order valence-electron chi connectivity index (χ4n) is 1.84. The number of piperazine rings is 1. The minimum Gasteiger partial charge on any atom is -0.314 e. The molecule has 0 atom stereocenters. The molecule has 1 saturated heterocycles. The Labute approximate surface area is 100 Å². The van der Waals surface area contributed by atoms with E-state index in [0.29, 0.717) is 0 Å². The van der Waals surface area contributed by atoms with E-state index in [9.17, 15) is 0 Å². The molecular weight excluding hydrogens is 228 g/mol. The van der Waals surface area contributed by atoms with E-state index in [1.165, 1.54) is 22.8 Å². The molecule has 1 aliphatic heterocycles. The summed E-state index contributed by atoms with van der Waals surface area (Å²) in [6.07, 6.45) is 1.14. The Morgan fingerprint density at radius 1 is 1.47 bits per heavy atom. The number of aryl methyl sites for hydroxylation is 1. The fraction of sp³-hybridized carbons (Fsp3) is 0.636. The fourth-order valence-corrected chi connectivity index (χ4v) is 3.08. The van der Waals surface area contributed by atoms with Crippen LogP contribution in [0.2, 0.25) is 5.02 Å². The smallest absolute Gasteiger partial charge is 0.0545 e. The van der Waals surface area contributed by atoms with Crippen LogP contribution in [0.4, 0.5) is 0 Å². The van der Waals surface area contributed by atoms with Crippen LogP contribution in [-0.4, -0.2) is 37.6 Å². The molecule has 1 aliphatic rings. The third kappa shape index (κ3) is 3.18. The van der Waals surface area contributed by atoms with E-state index in [1.54, 1.807) is 0 Å². The first kappa shape index (κ1) is 11.4. The molecule has 0 aromatic carbocycles. The summed E-state index contributed by atoms with van der Waals surface area (Å²) >= 11 is 7.87. The predicted octanol–water partition coefficient (Wildman–Crippen LogP) is 2.16. The first-order valence-electron chi connectivity index (χ1n) is 5.43. The van der Waals surface area contributed by atoms with Gasteiger partial charge in [-0.25, -0.2) is 0 Å². The number of thiophene rings is 1. The standard InChI is InChI=1S/C11H17ClN2S/c1-9-11(12)8-10(15-9)2-5-14-6-3-13-4-7-14/h8,13H,2-7H2,1H3. The molecule has 0 bridgehead atoms. The summed E-state index contributed by atoms with van der Waals surface area (Å²) in [6.45, 7) is 7.86. The van der Waals surface area contributed by atoms with Crippen molar-refractivity contribution >= 4 is 22.9 Å². The van der Waals surface area contributed by atoms with Gasteiger partial charge >= 0.3 is 0 Å². The van der Waals surface area contributed by atoms with Gasteiger partial charge in [0.2, 0.25) is 0 Å². The minimum atomic E-state index is 0.926. The highest BCUT2D eigenvalue weighted by Crippen LogP contribution is 2.26. The maximum Gasteiger partial charge on any atom is 0.0545 e. The van der Waals surface area contributed by atoms with Gasteiger partial charge in [-0.05, 0) is 19.4 Å². The predicted molar refractivity (Wildman–Crippen MR) is 67.1 cm³/mol. The Balaban J connectivity index is 1.81. The van der Waals surface area contributed by atoms with Gasteiger partial charge in [0.15, 0.2) is 0 Å². The lowest BCUT2D eigenvalue weighted by Crippen LogP contribution is -2.44. The molecule has 0 radical (unpaired) electrons. The molecule has 2 rings (SSSR count). The van der Waals surface area contributed by atoms with Gasteiger partial charge in [0.05, 0.1) is 5.02 Å². The van der Waals surface area contributed by atoms with Crippen molar-refractivity contribution < 1.29 is 0 Å². The van der Waals surface area contributed by atoms with Crippen LogP contribution in [0.3, 0.4) is 0 Å².